The maximum atomic E-state index is 5.96. The molecule has 21 heavy (non-hydrogen) atoms. The van der Waals surface area contributed by atoms with Gasteiger partial charge in [0.2, 0.25) is 0 Å². The van der Waals surface area contributed by atoms with E-state index < -0.39 is 0 Å². The molecule has 2 aromatic rings. The van der Waals surface area contributed by atoms with E-state index in [1.54, 1.807) is 0 Å². The molecule has 2 rings (SSSR count). The second kappa shape index (κ2) is 6.69. The van der Waals surface area contributed by atoms with Crippen molar-refractivity contribution in [1.82, 2.24) is 9.55 Å². The zero-order valence-electron chi connectivity index (χ0n) is 13.6. The van der Waals surface area contributed by atoms with Crippen LogP contribution in [0, 0.1) is 5.92 Å². The van der Waals surface area contributed by atoms with Crippen molar-refractivity contribution < 1.29 is 4.74 Å². The van der Waals surface area contributed by atoms with Crippen molar-refractivity contribution >= 4 is 22.6 Å². The van der Waals surface area contributed by atoms with Gasteiger partial charge in [0.15, 0.2) is 0 Å². The third-order valence-corrected chi connectivity index (χ3v) is 4.00. The number of hydrogen-bond donors (Lipinski definition) is 0. The number of imidazole rings is 1. The molecule has 0 amide bonds. The number of aryl methyl sites for hydroxylation is 1. The van der Waals surface area contributed by atoms with Crippen LogP contribution in [0.3, 0.4) is 0 Å². The lowest BCUT2D eigenvalue weighted by Gasteiger charge is -2.21. The molecule has 0 N–H and O–H groups in total. The van der Waals surface area contributed by atoms with Crippen LogP contribution in [-0.2, 0) is 6.42 Å². The lowest BCUT2D eigenvalue weighted by Crippen LogP contribution is -2.15. The van der Waals surface area contributed by atoms with E-state index in [2.05, 4.69) is 31.4 Å². The van der Waals surface area contributed by atoms with Gasteiger partial charge in [-0.1, -0.05) is 19.9 Å². The standard InChI is InChI=1S/C17H25ClN2O/c1-11(2)13(5)20-14-7-6-8-15(21-12(3)4)17(14)19-16(20)9-10-18/h6-8,11-13H,9-10H2,1-5H3. The summed E-state index contributed by atoms with van der Waals surface area (Å²) in [4.78, 5) is 4.81. The van der Waals surface area contributed by atoms with Crippen LogP contribution in [-0.4, -0.2) is 21.5 Å². The fourth-order valence-corrected chi connectivity index (χ4v) is 2.67. The summed E-state index contributed by atoms with van der Waals surface area (Å²) < 4.78 is 8.22. The number of alkyl halides is 1. The first kappa shape index (κ1) is 16.2. The molecule has 1 unspecified atom stereocenters. The number of aromatic nitrogens is 2. The molecule has 0 aliphatic heterocycles. The number of halogens is 1. The Hall–Kier alpha value is -1.22. The van der Waals surface area contributed by atoms with E-state index in [1.165, 1.54) is 0 Å². The Morgan fingerprint density at radius 3 is 2.48 bits per heavy atom. The predicted octanol–water partition coefficient (Wildman–Crippen LogP) is 4.82. The van der Waals surface area contributed by atoms with E-state index in [9.17, 15) is 0 Å². The smallest absolute Gasteiger partial charge is 0.147 e. The number of fused-ring (bicyclic) bond motifs is 1. The maximum absolute atomic E-state index is 5.96. The monoisotopic (exact) mass is 308 g/mol. The van der Waals surface area contributed by atoms with Gasteiger partial charge in [0.25, 0.3) is 0 Å². The molecule has 0 fully saturated rings. The van der Waals surface area contributed by atoms with Crippen LogP contribution in [0.15, 0.2) is 18.2 Å². The van der Waals surface area contributed by atoms with E-state index in [1.807, 2.05) is 26.0 Å². The third kappa shape index (κ3) is 3.34. The number of rotatable bonds is 6. The molecule has 0 spiro atoms. The first-order chi connectivity index (χ1) is 9.95. The zero-order chi connectivity index (χ0) is 15.6. The Morgan fingerprint density at radius 2 is 1.90 bits per heavy atom. The minimum absolute atomic E-state index is 0.139. The predicted molar refractivity (Wildman–Crippen MR) is 89.5 cm³/mol. The van der Waals surface area contributed by atoms with Crippen molar-refractivity contribution in [2.75, 3.05) is 5.88 Å². The van der Waals surface area contributed by atoms with Gasteiger partial charge in [-0.2, -0.15) is 0 Å². The Kier molecular flexibility index (Phi) is 5.15. The fourth-order valence-electron chi connectivity index (χ4n) is 2.50. The first-order valence-corrected chi connectivity index (χ1v) is 8.21. The number of ether oxygens (including phenoxy) is 1. The van der Waals surface area contributed by atoms with E-state index in [0.29, 0.717) is 17.8 Å². The minimum atomic E-state index is 0.139. The average molecular weight is 309 g/mol. The highest BCUT2D eigenvalue weighted by Gasteiger charge is 2.20. The summed E-state index contributed by atoms with van der Waals surface area (Å²) in [7, 11) is 0. The van der Waals surface area contributed by atoms with Gasteiger partial charge in [-0.05, 0) is 38.8 Å². The highest BCUT2D eigenvalue weighted by molar-refractivity contribution is 6.17. The molecule has 0 aliphatic rings. The Bertz CT molecular complexity index is 604. The molecule has 1 atom stereocenters. The Balaban J connectivity index is 2.61. The van der Waals surface area contributed by atoms with Crippen LogP contribution in [0.1, 0.15) is 46.5 Å². The Morgan fingerprint density at radius 1 is 1.19 bits per heavy atom. The molecule has 0 saturated carbocycles. The quantitative estimate of drug-likeness (QED) is 0.715. The molecular weight excluding hydrogens is 284 g/mol. The van der Waals surface area contributed by atoms with E-state index in [0.717, 1.165) is 29.0 Å². The molecule has 0 bridgehead atoms. The summed E-state index contributed by atoms with van der Waals surface area (Å²) >= 11 is 5.96. The molecule has 1 aromatic carbocycles. The lowest BCUT2D eigenvalue weighted by atomic mass is 10.1. The van der Waals surface area contributed by atoms with Crippen molar-refractivity contribution in [3.05, 3.63) is 24.0 Å². The molecule has 1 heterocycles. The second-order valence-electron chi connectivity index (χ2n) is 6.11. The van der Waals surface area contributed by atoms with Gasteiger partial charge in [0.05, 0.1) is 11.6 Å². The van der Waals surface area contributed by atoms with Crippen LogP contribution < -0.4 is 4.74 Å². The van der Waals surface area contributed by atoms with Crippen molar-refractivity contribution in [3.63, 3.8) is 0 Å². The van der Waals surface area contributed by atoms with Gasteiger partial charge >= 0.3 is 0 Å². The Labute approximate surface area is 132 Å². The minimum Gasteiger partial charge on any atom is -0.489 e. The fraction of sp³-hybridized carbons (Fsp3) is 0.588. The van der Waals surface area contributed by atoms with E-state index in [-0.39, 0.29) is 6.10 Å². The van der Waals surface area contributed by atoms with Gasteiger partial charge in [0, 0.05) is 18.3 Å². The van der Waals surface area contributed by atoms with Gasteiger partial charge in [-0.15, -0.1) is 11.6 Å². The van der Waals surface area contributed by atoms with Crippen LogP contribution in [0.4, 0.5) is 0 Å². The molecule has 1 aromatic heterocycles. The summed E-state index contributed by atoms with van der Waals surface area (Å²) in [6, 6.07) is 6.52. The highest BCUT2D eigenvalue weighted by atomic mass is 35.5. The van der Waals surface area contributed by atoms with Crippen LogP contribution in [0.25, 0.3) is 11.0 Å². The number of benzene rings is 1. The van der Waals surface area contributed by atoms with Crippen LogP contribution >= 0.6 is 11.6 Å². The van der Waals surface area contributed by atoms with Crippen molar-refractivity contribution in [2.45, 2.75) is 53.2 Å². The largest absolute Gasteiger partial charge is 0.489 e. The van der Waals surface area contributed by atoms with E-state index in [4.69, 9.17) is 21.3 Å². The van der Waals surface area contributed by atoms with Gasteiger partial charge < -0.3 is 9.30 Å². The SMILES string of the molecule is CC(C)Oc1cccc2c1nc(CCCl)n2C(C)C(C)C. The third-order valence-electron chi connectivity index (χ3n) is 3.81. The molecule has 0 saturated heterocycles. The second-order valence-corrected chi connectivity index (χ2v) is 6.49. The summed E-state index contributed by atoms with van der Waals surface area (Å²) in [6.45, 7) is 10.8. The van der Waals surface area contributed by atoms with Gasteiger partial charge in [-0.3, -0.25) is 0 Å². The topological polar surface area (TPSA) is 27.1 Å². The van der Waals surface area contributed by atoms with Crippen molar-refractivity contribution in [1.29, 1.82) is 0 Å². The van der Waals surface area contributed by atoms with Gasteiger partial charge in [-0.25, -0.2) is 4.98 Å². The number of hydrogen-bond acceptors (Lipinski definition) is 2. The summed E-state index contributed by atoms with van der Waals surface area (Å²) in [5, 5.41) is 0. The van der Waals surface area contributed by atoms with Gasteiger partial charge in [0.1, 0.15) is 17.1 Å². The number of nitrogens with zero attached hydrogens (tertiary/aromatic N) is 2. The lowest BCUT2D eigenvalue weighted by molar-refractivity contribution is 0.245. The normalized spacial score (nSPS) is 13.3. The van der Waals surface area contributed by atoms with Crippen LogP contribution in [0.5, 0.6) is 5.75 Å². The maximum Gasteiger partial charge on any atom is 0.147 e. The highest BCUT2D eigenvalue weighted by Crippen LogP contribution is 2.31. The van der Waals surface area contributed by atoms with Crippen LogP contribution in [0.2, 0.25) is 0 Å². The number of para-hydroxylation sites is 1. The molecule has 0 radical (unpaired) electrons. The summed E-state index contributed by atoms with van der Waals surface area (Å²) in [5.74, 6) is 3.01. The summed E-state index contributed by atoms with van der Waals surface area (Å²) in [5.41, 5.74) is 2.08. The molecule has 116 valence electrons. The molecular formula is C17H25ClN2O. The average Bonchev–Trinajstić information content (AvgIpc) is 2.77. The molecule has 4 heteroatoms. The first-order valence-electron chi connectivity index (χ1n) is 7.68. The van der Waals surface area contributed by atoms with Crippen molar-refractivity contribution in [3.8, 4) is 5.75 Å². The summed E-state index contributed by atoms with van der Waals surface area (Å²) in [6.07, 6.45) is 0.911. The molecule has 3 nitrogen and oxygen atoms in total. The molecule has 0 aliphatic carbocycles. The van der Waals surface area contributed by atoms with Crippen molar-refractivity contribution in [2.24, 2.45) is 5.92 Å². The zero-order valence-corrected chi connectivity index (χ0v) is 14.3. The van der Waals surface area contributed by atoms with E-state index >= 15 is 0 Å².